The summed E-state index contributed by atoms with van der Waals surface area (Å²) in [4.78, 5) is 25.4. The second-order valence-corrected chi connectivity index (χ2v) is 7.93. The number of ether oxygens (including phenoxy) is 2. The summed E-state index contributed by atoms with van der Waals surface area (Å²) in [6.45, 7) is 7.97. The predicted octanol–water partition coefficient (Wildman–Crippen LogP) is 1.14. The van der Waals surface area contributed by atoms with Crippen molar-refractivity contribution >= 4 is 23.8 Å². The number of aliphatic hydroxyl groups excluding tert-OH is 1. The zero-order chi connectivity index (χ0) is 20.7. The highest BCUT2D eigenvalue weighted by atomic mass is 32.2. The van der Waals surface area contributed by atoms with E-state index in [2.05, 4.69) is 10.6 Å². The Morgan fingerprint density at radius 3 is 2.44 bits per heavy atom. The Balaban J connectivity index is 3.60. The second-order valence-electron chi connectivity index (χ2n) is 6.78. The normalized spacial score (nSPS) is 14.5. The first-order valence-corrected chi connectivity index (χ1v) is 10.6. The van der Waals surface area contributed by atoms with Crippen molar-refractivity contribution in [3.8, 4) is 0 Å². The predicted molar refractivity (Wildman–Crippen MR) is 109 cm³/mol. The third-order valence-electron chi connectivity index (χ3n) is 3.89. The summed E-state index contributed by atoms with van der Waals surface area (Å²) < 4.78 is 10.4. The first-order chi connectivity index (χ1) is 12.8. The number of carbonyl (C=O) groups excluding carboxylic acids is 2. The molecule has 8 nitrogen and oxygen atoms in total. The lowest BCUT2D eigenvalue weighted by Gasteiger charge is -2.17. The van der Waals surface area contributed by atoms with Crippen molar-refractivity contribution in [2.24, 2.45) is 11.8 Å². The number of hydrogen-bond donors (Lipinski definition) is 3. The molecule has 0 rings (SSSR count). The molecule has 2 amide bonds. The highest BCUT2D eigenvalue weighted by Gasteiger charge is 2.14. The lowest BCUT2D eigenvalue weighted by atomic mass is 10.1. The molecule has 0 aromatic carbocycles. The number of nitrogens with one attached hydrogen (secondary N) is 2. The Morgan fingerprint density at radius 1 is 1.15 bits per heavy atom. The minimum atomic E-state index is -0.798. The van der Waals surface area contributed by atoms with Gasteiger partial charge in [0.1, 0.15) is 6.61 Å². The first-order valence-electron chi connectivity index (χ1n) is 9.48. The summed E-state index contributed by atoms with van der Waals surface area (Å²) in [6, 6.07) is -0.270. The summed E-state index contributed by atoms with van der Waals surface area (Å²) in [5.74, 6) is 1.09. The van der Waals surface area contributed by atoms with Gasteiger partial charge in [0.2, 0.25) is 0 Å². The van der Waals surface area contributed by atoms with Crippen LogP contribution in [0.4, 0.5) is 4.79 Å². The standard InChI is InChI=1S/C18H37N3O5S/c1-6-14(2)16(22)25-10-7-19-18(24)20-8-12-27-13-15(3)17(23)26-11-9-21(4)5/h14-16,22H,6-13H2,1-5H3,(H2,19,20,24). The van der Waals surface area contributed by atoms with E-state index in [0.29, 0.717) is 37.7 Å². The Kier molecular flexibility index (Phi) is 15.4. The summed E-state index contributed by atoms with van der Waals surface area (Å²) in [5.41, 5.74) is 0. The summed E-state index contributed by atoms with van der Waals surface area (Å²) in [6.07, 6.45) is 0.0342. The van der Waals surface area contributed by atoms with E-state index in [1.165, 1.54) is 0 Å². The fraction of sp³-hybridized carbons (Fsp3) is 0.889. The van der Waals surface area contributed by atoms with Crippen molar-refractivity contribution in [1.29, 1.82) is 0 Å². The van der Waals surface area contributed by atoms with Gasteiger partial charge in [-0.2, -0.15) is 11.8 Å². The molecule has 27 heavy (non-hydrogen) atoms. The van der Waals surface area contributed by atoms with Crippen molar-refractivity contribution in [1.82, 2.24) is 15.5 Å². The van der Waals surface area contributed by atoms with Gasteiger partial charge in [-0.3, -0.25) is 4.79 Å². The van der Waals surface area contributed by atoms with Crippen molar-refractivity contribution in [2.45, 2.75) is 33.5 Å². The van der Waals surface area contributed by atoms with Gasteiger partial charge in [-0.05, 0) is 20.5 Å². The van der Waals surface area contributed by atoms with Crippen molar-refractivity contribution < 1.29 is 24.2 Å². The molecule has 0 fully saturated rings. The fourth-order valence-electron chi connectivity index (χ4n) is 1.81. The number of nitrogens with zero attached hydrogens (tertiary/aromatic N) is 1. The molecule has 0 aliphatic carbocycles. The first kappa shape index (κ1) is 26.0. The van der Waals surface area contributed by atoms with Gasteiger partial charge in [0.15, 0.2) is 6.29 Å². The van der Waals surface area contributed by atoms with Crippen molar-refractivity contribution in [2.75, 3.05) is 58.4 Å². The lowest BCUT2D eigenvalue weighted by molar-refractivity contribution is -0.147. The largest absolute Gasteiger partial charge is 0.464 e. The van der Waals surface area contributed by atoms with E-state index >= 15 is 0 Å². The molecule has 3 unspecified atom stereocenters. The van der Waals surface area contributed by atoms with E-state index < -0.39 is 6.29 Å². The third kappa shape index (κ3) is 14.7. The smallest absolute Gasteiger partial charge is 0.314 e. The van der Waals surface area contributed by atoms with Crippen LogP contribution in [0, 0.1) is 11.8 Å². The van der Waals surface area contributed by atoms with Crippen LogP contribution >= 0.6 is 11.8 Å². The van der Waals surface area contributed by atoms with Gasteiger partial charge in [-0.25, -0.2) is 4.79 Å². The molecule has 0 saturated carbocycles. The molecule has 0 spiro atoms. The van der Waals surface area contributed by atoms with Crippen LogP contribution < -0.4 is 10.6 Å². The van der Waals surface area contributed by atoms with Gasteiger partial charge in [-0.1, -0.05) is 20.8 Å². The molecule has 9 heteroatoms. The van der Waals surface area contributed by atoms with E-state index in [-0.39, 0.29) is 30.4 Å². The fourth-order valence-corrected chi connectivity index (χ4v) is 2.71. The van der Waals surface area contributed by atoms with Crippen LogP contribution in [-0.4, -0.2) is 86.7 Å². The molecule has 160 valence electrons. The van der Waals surface area contributed by atoms with Crippen molar-refractivity contribution in [3.05, 3.63) is 0 Å². The van der Waals surface area contributed by atoms with E-state index in [1.54, 1.807) is 11.8 Å². The van der Waals surface area contributed by atoms with E-state index in [0.717, 1.165) is 6.42 Å². The maximum Gasteiger partial charge on any atom is 0.314 e. The number of thioether (sulfide) groups is 1. The van der Waals surface area contributed by atoms with Crippen LogP contribution in [0.5, 0.6) is 0 Å². The van der Waals surface area contributed by atoms with Crippen LogP contribution in [-0.2, 0) is 14.3 Å². The third-order valence-corrected chi connectivity index (χ3v) is 5.12. The number of likely N-dealkylation sites (N-methyl/N-ethyl adjacent to an activating group) is 1. The molecule has 0 aromatic heterocycles. The number of esters is 1. The van der Waals surface area contributed by atoms with Gasteiger partial charge >= 0.3 is 12.0 Å². The van der Waals surface area contributed by atoms with Gasteiger partial charge in [0.05, 0.1) is 12.5 Å². The number of urea groups is 1. The van der Waals surface area contributed by atoms with Gasteiger partial charge in [-0.15, -0.1) is 0 Å². The molecule has 0 aliphatic heterocycles. The molecule has 3 N–H and O–H groups in total. The van der Waals surface area contributed by atoms with Crippen LogP contribution in [0.3, 0.4) is 0 Å². The van der Waals surface area contributed by atoms with Gasteiger partial charge < -0.3 is 30.1 Å². The molecule has 0 aromatic rings. The molecular formula is C18H37N3O5S. The Bertz CT molecular complexity index is 412. The van der Waals surface area contributed by atoms with Crippen LogP contribution in [0.1, 0.15) is 27.2 Å². The van der Waals surface area contributed by atoms with Crippen LogP contribution in [0.2, 0.25) is 0 Å². The SMILES string of the molecule is CCC(C)C(O)OCCNC(=O)NCCSCC(C)C(=O)OCCN(C)C. The highest BCUT2D eigenvalue weighted by Crippen LogP contribution is 2.09. The number of rotatable bonds is 15. The molecule has 0 heterocycles. The van der Waals surface area contributed by atoms with Crippen LogP contribution in [0.15, 0.2) is 0 Å². The summed E-state index contributed by atoms with van der Waals surface area (Å²) in [7, 11) is 3.86. The maximum atomic E-state index is 11.8. The summed E-state index contributed by atoms with van der Waals surface area (Å²) >= 11 is 1.60. The van der Waals surface area contributed by atoms with E-state index in [4.69, 9.17) is 9.47 Å². The summed E-state index contributed by atoms with van der Waals surface area (Å²) in [5, 5.41) is 15.1. The average molecular weight is 408 g/mol. The Hall–Kier alpha value is -1.03. The quantitative estimate of drug-likeness (QED) is 0.213. The molecule has 3 atom stereocenters. The Labute approximate surface area is 167 Å². The minimum absolute atomic E-state index is 0.0727. The number of hydrogen-bond acceptors (Lipinski definition) is 7. The molecule has 0 bridgehead atoms. The molecule has 0 aliphatic rings. The number of carbonyl (C=O) groups is 2. The van der Waals surface area contributed by atoms with E-state index in [9.17, 15) is 14.7 Å². The lowest BCUT2D eigenvalue weighted by Crippen LogP contribution is -2.39. The maximum absolute atomic E-state index is 11.8. The minimum Gasteiger partial charge on any atom is -0.464 e. The topological polar surface area (TPSA) is 100 Å². The molecular weight excluding hydrogens is 370 g/mol. The zero-order valence-electron chi connectivity index (χ0n) is 17.3. The van der Waals surface area contributed by atoms with Crippen molar-refractivity contribution in [3.63, 3.8) is 0 Å². The monoisotopic (exact) mass is 407 g/mol. The van der Waals surface area contributed by atoms with Gasteiger partial charge in [0.25, 0.3) is 0 Å². The number of amides is 2. The number of aliphatic hydroxyl groups is 1. The second kappa shape index (κ2) is 16.0. The average Bonchev–Trinajstić information content (AvgIpc) is 2.63. The highest BCUT2D eigenvalue weighted by molar-refractivity contribution is 7.99. The van der Waals surface area contributed by atoms with E-state index in [1.807, 2.05) is 39.8 Å². The molecule has 0 saturated heterocycles. The molecule has 0 radical (unpaired) electrons. The van der Waals surface area contributed by atoms with Crippen LogP contribution in [0.25, 0.3) is 0 Å². The van der Waals surface area contributed by atoms with Gasteiger partial charge in [0, 0.05) is 37.1 Å². The Morgan fingerprint density at radius 2 is 1.81 bits per heavy atom. The zero-order valence-corrected chi connectivity index (χ0v) is 18.1.